The fourth-order valence-electron chi connectivity index (χ4n) is 4.55. The summed E-state index contributed by atoms with van der Waals surface area (Å²) in [7, 11) is 1.76. The lowest BCUT2D eigenvalue weighted by Gasteiger charge is -2.12. The van der Waals surface area contributed by atoms with E-state index in [0.29, 0.717) is 29.4 Å². The summed E-state index contributed by atoms with van der Waals surface area (Å²) in [5.74, 6) is -0.0413. The van der Waals surface area contributed by atoms with Crippen LogP contribution in [0.15, 0.2) is 69.2 Å². The van der Waals surface area contributed by atoms with Gasteiger partial charge in [0.1, 0.15) is 17.2 Å². The summed E-state index contributed by atoms with van der Waals surface area (Å²) in [6.45, 7) is 4.54. The number of carbonyl (C=O) groups is 1. The van der Waals surface area contributed by atoms with Crippen molar-refractivity contribution in [2.75, 3.05) is 16.8 Å². The molecule has 0 radical (unpaired) electrons. The zero-order valence-corrected chi connectivity index (χ0v) is 23.5. The van der Waals surface area contributed by atoms with Crippen molar-refractivity contribution in [2.24, 2.45) is 7.05 Å². The second kappa shape index (κ2) is 11.0. The van der Waals surface area contributed by atoms with Crippen LogP contribution in [0.3, 0.4) is 0 Å². The second-order valence-corrected chi connectivity index (χ2v) is 10.8. The van der Waals surface area contributed by atoms with Crippen LogP contribution in [-0.4, -0.2) is 35.5 Å². The summed E-state index contributed by atoms with van der Waals surface area (Å²) < 4.78 is 4.88. The fraction of sp³-hybridized carbons (Fsp3) is 0.250. The maximum Gasteiger partial charge on any atom is 0.296 e. The highest BCUT2D eigenvalue weighted by atomic mass is 32.2. The Morgan fingerprint density at radius 3 is 2.51 bits per heavy atom. The van der Waals surface area contributed by atoms with Crippen LogP contribution >= 0.6 is 24.0 Å². The van der Waals surface area contributed by atoms with E-state index in [4.69, 9.17) is 12.2 Å². The van der Waals surface area contributed by atoms with Crippen LogP contribution in [0.5, 0.6) is 0 Å². The van der Waals surface area contributed by atoms with E-state index >= 15 is 0 Å². The first-order chi connectivity index (χ1) is 18.8. The number of benzene rings is 1. The average molecular weight is 561 g/mol. The van der Waals surface area contributed by atoms with Gasteiger partial charge in [-0.15, -0.1) is 0 Å². The van der Waals surface area contributed by atoms with Gasteiger partial charge in [0.15, 0.2) is 4.32 Å². The molecule has 3 aromatic heterocycles. The topological polar surface area (TPSA) is 93.6 Å². The minimum absolute atomic E-state index is 0.193. The van der Waals surface area contributed by atoms with E-state index in [1.807, 2.05) is 36.4 Å². The quantitative estimate of drug-likeness (QED) is 0.193. The summed E-state index contributed by atoms with van der Waals surface area (Å²) in [5, 5.41) is 3.28. The number of nitrogens with one attached hydrogen (secondary N) is 1. The molecule has 0 bridgehead atoms. The SMILES string of the molecule is CCCCCNc1nc2ccccn2c(=O)c1C=C1SC(=S)N(c2c(C)n(C)n(-c3ccccc3)c2=O)C1=O. The third-order valence-electron chi connectivity index (χ3n) is 6.66. The molecule has 0 aliphatic carbocycles. The molecule has 0 unspecified atom stereocenters. The zero-order chi connectivity index (χ0) is 27.7. The number of thioether (sulfide) groups is 1. The molecule has 1 N–H and O–H groups in total. The van der Waals surface area contributed by atoms with E-state index in [0.717, 1.165) is 31.0 Å². The van der Waals surface area contributed by atoms with Gasteiger partial charge in [-0.25, -0.2) is 9.67 Å². The first-order valence-electron chi connectivity index (χ1n) is 12.7. The molecule has 11 heteroatoms. The molecule has 1 fully saturated rings. The highest BCUT2D eigenvalue weighted by molar-refractivity contribution is 8.27. The zero-order valence-electron chi connectivity index (χ0n) is 21.9. The minimum atomic E-state index is -0.453. The monoisotopic (exact) mass is 560 g/mol. The molecule has 4 heterocycles. The molecule has 1 saturated heterocycles. The Kier molecular flexibility index (Phi) is 7.53. The van der Waals surface area contributed by atoms with E-state index in [-0.39, 0.29) is 31.6 Å². The summed E-state index contributed by atoms with van der Waals surface area (Å²) in [6.07, 6.45) is 6.22. The number of pyridine rings is 1. The Balaban J connectivity index is 1.57. The molecule has 39 heavy (non-hydrogen) atoms. The van der Waals surface area contributed by atoms with Crippen LogP contribution < -0.4 is 21.3 Å². The summed E-state index contributed by atoms with van der Waals surface area (Å²) >= 11 is 6.64. The lowest BCUT2D eigenvalue weighted by molar-refractivity contribution is -0.113. The largest absolute Gasteiger partial charge is 0.369 e. The number of unbranched alkanes of at least 4 members (excludes halogenated alkanes) is 2. The Bertz CT molecular complexity index is 1740. The maximum atomic E-state index is 13.7. The van der Waals surface area contributed by atoms with E-state index in [1.165, 1.54) is 20.1 Å². The van der Waals surface area contributed by atoms with Gasteiger partial charge >= 0.3 is 0 Å². The molecule has 0 saturated carbocycles. The molecular weight excluding hydrogens is 532 g/mol. The Morgan fingerprint density at radius 2 is 1.77 bits per heavy atom. The van der Waals surface area contributed by atoms with E-state index in [1.54, 1.807) is 37.0 Å². The number of anilines is 2. The number of nitrogens with zero attached hydrogens (tertiary/aromatic N) is 5. The van der Waals surface area contributed by atoms with Crippen molar-refractivity contribution in [3.63, 3.8) is 0 Å². The van der Waals surface area contributed by atoms with Gasteiger partial charge in [0.25, 0.3) is 17.0 Å². The number of hydrogen-bond acceptors (Lipinski definition) is 7. The molecule has 9 nitrogen and oxygen atoms in total. The number of fused-ring (bicyclic) bond motifs is 1. The van der Waals surface area contributed by atoms with Crippen LogP contribution in [-0.2, 0) is 11.8 Å². The van der Waals surface area contributed by atoms with Crippen LogP contribution in [0.4, 0.5) is 11.5 Å². The molecular formula is C28H28N6O3S2. The Hall–Kier alpha value is -3.96. The average Bonchev–Trinajstić information content (AvgIpc) is 3.33. The van der Waals surface area contributed by atoms with Gasteiger partial charge in [0.05, 0.1) is 21.8 Å². The van der Waals surface area contributed by atoms with Crippen LogP contribution in [0.25, 0.3) is 17.4 Å². The summed E-state index contributed by atoms with van der Waals surface area (Å²) in [4.78, 5) is 46.9. The second-order valence-electron chi connectivity index (χ2n) is 9.17. The van der Waals surface area contributed by atoms with Crippen LogP contribution in [0.1, 0.15) is 37.4 Å². The van der Waals surface area contributed by atoms with Crippen LogP contribution in [0.2, 0.25) is 0 Å². The Morgan fingerprint density at radius 1 is 1.03 bits per heavy atom. The van der Waals surface area contributed by atoms with Crippen molar-refractivity contribution in [3.8, 4) is 5.69 Å². The minimum Gasteiger partial charge on any atom is -0.369 e. The third kappa shape index (κ3) is 4.83. The number of aromatic nitrogens is 4. The van der Waals surface area contributed by atoms with E-state index < -0.39 is 5.91 Å². The standard InChI is InChI=1S/C28H28N6O3S2/c1-4-5-10-15-29-24-20(25(35)32-16-11-9-14-22(32)30-24)17-21-26(36)33(28(38)39-21)23-18(2)31(3)34(27(23)37)19-12-7-6-8-13-19/h6-9,11-14,16-17,29H,4-5,10,15H2,1-3H3. The molecule has 1 aliphatic rings. The van der Waals surface area contributed by atoms with Gasteiger partial charge in [-0.3, -0.25) is 28.4 Å². The molecule has 1 aromatic carbocycles. The van der Waals surface area contributed by atoms with Gasteiger partial charge in [-0.1, -0.05) is 68.0 Å². The van der Waals surface area contributed by atoms with Gasteiger partial charge in [0.2, 0.25) is 0 Å². The number of amides is 1. The molecule has 1 amide bonds. The lowest BCUT2D eigenvalue weighted by Crippen LogP contribution is -2.33. The number of hydrogen-bond donors (Lipinski definition) is 1. The van der Waals surface area contributed by atoms with Crippen molar-refractivity contribution < 1.29 is 4.79 Å². The van der Waals surface area contributed by atoms with Crippen molar-refractivity contribution in [1.82, 2.24) is 18.7 Å². The van der Waals surface area contributed by atoms with Crippen molar-refractivity contribution in [3.05, 3.63) is 91.6 Å². The first kappa shape index (κ1) is 26.6. The van der Waals surface area contributed by atoms with E-state index in [2.05, 4.69) is 17.2 Å². The predicted molar refractivity (Wildman–Crippen MR) is 161 cm³/mol. The lowest BCUT2D eigenvalue weighted by atomic mass is 10.2. The van der Waals surface area contributed by atoms with E-state index in [9.17, 15) is 14.4 Å². The third-order valence-corrected chi connectivity index (χ3v) is 7.96. The smallest absolute Gasteiger partial charge is 0.296 e. The predicted octanol–water partition coefficient (Wildman–Crippen LogP) is 4.50. The van der Waals surface area contributed by atoms with Gasteiger partial charge in [0, 0.05) is 19.8 Å². The molecule has 5 rings (SSSR count). The Labute approximate surface area is 234 Å². The number of thiocarbonyl (C=S) groups is 1. The molecule has 0 spiro atoms. The van der Waals surface area contributed by atoms with Crippen molar-refractivity contribution >= 4 is 57.4 Å². The van der Waals surface area contributed by atoms with Crippen molar-refractivity contribution in [1.29, 1.82) is 0 Å². The first-order valence-corrected chi connectivity index (χ1v) is 13.9. The van der Waals surface area contributed by atoms with Crippen molar-refractivity contribution in [2.45, 2.75) is 33.1 Å². The van der Waals surface area contributed by atoms with Crippen LogP contribution in [0, 0.1) is 6.92 Å². The maximum absolute atomic E-state index is 13.7. The molecule has 1 aliphatic heterocycles. The van der Waals surface area contributed by atoms with Gasteiger partial charge < -0.3 is 5.32 Å². The molecule has 4 aromatic rings. The highest BCUT2D eigenvalue weighted by Gasteiger charge is 2.38. The normalized spacial score (nSPS) is 14.6. The summed E-state index contributed by atoms with van der Waals surface area (Å²) in [5.41, 5.74) is 1.57. The summed E-state index contributed by atoms with van der Waals surface area (Å²) in [6, 6.07) is 14.5. The van der Waals surface area contributed by atoms with Gasteiger partial charge in [-0.05, 0) is 43.7 Å². The number of carbonyl (C=O) groups excluding carboxylic acids is 1. The highest BCUT2D eigenvalue weighted by Crippen LogP contribution is 2.36. The number of rotatable bonds is 8. The van der Waals surface area contributed by atoms with Gasteiger partial charge in [-0.2, -0.15) is 0 Å². The number of para-hydroxylation sites is 1. The molecule has 200 valence electrons. The molecule has 0 atom stereocenters. The fourth-order valence-corrected chi connectivity index (χ4v) is 5.81.